The highest BCUT2D eigenvalue weighted by Crippen LogP contribution is 2.21. The zero-order valence-electron chi connectivity index (χ0n) is 19.3. The molecule has 0 aliphatic rings. The molecule has 0 saturated carbocycles. The third-order valence-corrected chi connectivity index (χ3v) is 5.60. The molecule has 1 aromatic heterocycles. The van der Waals surface area contributed by atoms with Gasteiger partial charge in [0.15, 0.2) is 11.5 Å². The lowest BCUT2D eigenvalue weighted by molar-refractivity contribution is -0.132. The van der Waals surface area contributed by atoms with Crippen molar-refractivity contribution in [3.8, 4) is 11.3 Å². The molecule has 1 N–H and O–H groups in total. The number of benzene rings is 3. The molecule has 34 heavy (non-hydrogen) atoms. The minimum atomic E-state index is -0.747. The number of carbonyl (C=O) groups excluding carboxylic acids is 2. The van der Waals surface area contributed by atoms with Crippen molar-refractivity contribution < 1.29 is 14.1 Å². The number of rotatable bonds is 8. The molecule has 0 saturated heterocycles. The van der Waals surface area contributed by atoms with E-state index in [0.717, 1.165) is 22.3 Å². The highest BCUT2D eigenvalue weighted by Gasteiger charge is 2.26. The maximum Gasteiger partial charge on any atom is 0.274 e. The molecule has 0 aliphatic carbocycles. The van der Waals surface area contributed by atoms with Crippen LogP contribution in [0.5, 0.6) is 0 Å². The van der Waals surface area contributed by atoms with Crippen molar-refractivity contribution in [3.05, 3.63) is 113 Å². The first kappa shape index (κ1) is 23.0. The molecule has 172 valence electrons. The smallest absolute Gasteiger partial charge is 0.274 e. The van der Waals surface area contributed by atoms with Crippen LogP contribution in [0.3, 0.4) is 0 Å². The Hall–Kier alpha value is -4.19. The maximum atomic E-state index is 13.3. The molecule has 6 heteroatoms. The molecule has 0 radical (unpaired) electrons. The molecular weight excluding hydrogens is 426 g/mol. The van der Waals surface area contributed by atoms with Gasteiger partial charge in [-0.25, -0.2) is 0 Å². The lowest BCUT2D eigenvalue weighted by atomic mass is 10.0. The number of likely N-dealkylation sites (N-methyl/N-ethyl adjacent to an activating group) is 1. The summed E-state index contributed by atoms with van der Waals surface area (Å²) in [5, 5.41) is 6.80. The van der Waals surface area contributed by atoms with Crippen LogP contribution >= 0.6 is 0 Å². The zero-order chi connectivity index (χ0) is 23.9. The highest BCUT2D eigenvalue weighted by atomic mass is 16.5. The fourth-order valence-electron chi connectivity index (χ4n) is 3.72. The molecule has 1 heterocycles. The van der Waals surface area contributed by atoms with E-state index in [1.165, 1.54) is 0 Å². The van der Waals surface area contributed by atoms with Crippen molar-refractivity contribution in [2.24, 2.45) is 0 Å². The van der Waals surface area contributed by atoms with Crippen LogP contribution < -0.4 is 5.32 Å². The number of hydrogen-bond donors (Lipinski definition) is 1. The van der Waals surface area contributed by atoms with Gasteiger partial charge in [0.2, 0.25) is 5.91 Å². The summed E-state index contributed by atoms with van der Waals surface area (Å²) >= 11 is 0. The molecule has 0 bridgehead atoms. The van der Waals surface area contributed by atoms with E-state index in [9.17, 15) is 9.59 Å². The van der Waals surface area contributed by atoms with Gasteiger partial charge in [-0.3, -0.25) is 9.59 Å². The fraction of sp³-hybridized carbons (Fsp3) is 0.179. The van der Waals surface area contributed by atoms with Crippen LogP contribution in [-0.4, -0.2) is 35.0 Å². The number of aromatic nitrogens is 1. The van der Waals surface area contributed by atoms with Gasteiger partial charge in [-0.15, -0.1) is 0 Å². The predicted molar refractivity (Wildman–Crippen MR) is 131 cm³/mol. The molecule has 1 unspecified atom stereocenters. The Morgan fingerprint density at radius 1 is 0.912 bits per heavy atom. The molecule has 0 spiro atoms. The van der Waals surface area contributed by atoms with Crippen LogP contribution in [0.15, 0.2) is 95.5 Å². The summed E-state index contributed by atoms with van der Waals surface area (Å²) in [5.74, 6) is -0.134. The van der Waals surface area contributed by atoms with Gasteiger partial charge in [0.1, 0.15) is 6.04 Å². The van der Waals surface area contributed by atoms with Crippen LogP contribution in [0.2, 0.25) is 0 Å². The van der Waals surface area contributed by atoms with Gasteiger partial charge >= 0.3 is 0 Å². The predicted octanol–water partition coefficient (Wildman–Crippen LogP) is 4.65. The summed E-state index contributed by atoms with van der Waals surface area (Å²) in [6, 6.07) is 28.0. The Balaban J connectivity index is 1.51. The first-order valence-corrected chi connectivity index (χ1v) is 11.2. The highest BCUT2D eigenvalue weighted by molar-refractivity contribution is 5.96. The van der Waals surface area contributed by atoms with Crippen LogP contribution in [0.4, 0.5) is 0 Å². The standard InChI is InChI=1S/C28H27N3O3/c1-20-13-15-23(16-14-20)26-18-24(30-34-26)27(32)29-25(17-21-9-5-3-6-10-21)28(33)31(2)19-22-11-7-4-8-12-22/h3-16,18,25H,17,19H2,1-2H3,(H,29,32). The molecule has 0 fully saturated rings. The molecule has 4 rings (SSSR count). The van der Waals surface area contributed by atoms with E-state index in [-0.39, 0.29) is 11.6 Å². The van der Waals surface area contributed by atoms with Gasteiger partial charge in [-0.05, 0) is 18.1 Å². The number of nitrogens with one attached hydrogen (secondary N) is 1. The monoisotopic (exact) mass is 453 g/mol. The number of aryl methyl sites for hydroxylation is 1. The van der Waals surface area contributed by atoms with Gasteiger partial charge in [0, 0.05) is 31.6 Å². The van der Waals surface area contributed by atoms with Gasteiger partial charge in [-0.2, -0.15) is 0 Å². The third-order valence-electron chi connectivity index (χ3n) is 5.60. The summed E-state index contributed by atoms with van der Waals surface area (Å²) in [5.41, 5.74) is 4.06. The van der Waals surface area contributed by atoms with E-state index >= 15 is 0 Å². The minimum Gasteiger partial charge on any atom is -0.355 e. The van der Waals surface area contributed by atoms with Crippen molar-refractivity contribution in [1.29, 1.82) is 0 Å². The number of amides is 2. The van der Waals surface area contributed by atoms with E-state index in [4.69, 9.17) is 4.52 Å². The number of nitrogens with zero attached hydrogens (tertiary/aromatic N) is 2. The quantitative estimate of drug-likeness (QED) is 0.421. The average Bonchev–Trinajstić information content (AvgIpc) is 3.35. The second kappa shape index (κ2) is 10.6. The maximum absolute atomic E-state index is 13.3. The number of hydrogen-bond acceptors (Lipinski definition) is 4. The first-order chi connectivity index (χ1) is 16.5. The zero-order valence-corrected chi connectivity index (χ0v) is 19.3. The lowest BCUT2D eigenvalue weighted by Gasteiger charge is -2.24. The Labute approximate surface area is 199 Å². The summed E-state index contributed by atoms with van der Waals surface area (Å²) in [6.45, 7) is 2.45. The van der Waals surface area contributed by atoms with E-state index in [2.05, 4.69) is 10.5 Å². The Morgan fingerprint density at radius 2 is 1.53 bits per heavy atom. The Bertz CT molecular complexity index is 1230. The first-order valence-electron chi connectivity index (χ1n) is 11.2. The van der Waals surface area contributed by atoms with E-state index in [1.54, 1.807) is 18.0 Å². The summed E-state index contributed by atoms with van der Waals surface area (Å²) in [7, 11) is 1.74. The van der Waals surface area contributed by atoms with E-state index < -0.39 is 11.9 Å². The molecule has 6 nitrogen and oxygen atoms in total. The van der Waals surface area contributed by atoms with Crippen molar-refractivity contribution in [3.63, 3.8) is 0 Å². The topological polar surface area (TPSA) is 75.4 Å². The Kier molecular flexibility index (Phi) is 7.18. The molecule has 2 amide bonds. The average molecular weight is 454 g/mol. The largest absolute Gasteiger partial charge is 0.355 e. The van der Waals surface area contributed by atoms with Crippen molar-refractivity contribution >= 4 is 11.8 Å². The van der Waals surface area contributed by atoms with Crippen molar-refractivity contribution in [1.82, 2.24) is 15.4 Å². The SMILES string of the molecule is Cc1ccc(-c2cc(C(=O)NC(Cc3ccccc3)C(=O)N(C)Cc3ccccc3)no2)cc1. The van der Waals surface area contributed by atoms with E-state index in [1.807, 2.05) is 91.9 Å². The van der Waals surface area contributed by atoms with Crippen LogP contribution in [-0.2, 0) is 17.8 Å². The van der Waals surface area contributed by atoms with Crippen LogP contribution in [0, 0.1) is 6.92 Å². The minimum absolute atomic E-state index is 0.132. The van der Waals surface area contributed by atoms with Crippen molar-refractivity contribution in [2.75, 3.05) is 7.05 Å². The fourth-order valence-corrected chi connectivity index (χ4v) is 3.72. The summed E-state index contributed by atoms with van der Waals surface area (Å²) in [4.78, 5) is 28.0. The van der Waals surface area contributed by atoms with E-state index in [0.29, 0.717) is 18.7 Å². The Morgan fingerprint density at radius 3 is 2.18 bits per heavy atom. The van der Waals surface area contributed by atoms with Crippen molar-refractivity contribution in [2.45, 2.75) is 25.9 Å². The van der Waals surface area contributed by atoms with Crippen LogP contribution in [0.25, 0.3) is 11.3 Å². The third kappa shape index (κ3) is 5.78. The van der Waals surface area contributed by atoms with Gasteiger partial charge in [0.05, 0.1) is 0 Å². The lowest BCUT2D eigenvalue weighted by Crippen LogP contribution is -2.48. The molecule has 0 aliphatic heterocycles. The second-order valence-corrected chi connectivity index (χ2v) is 8.34. The van der Waals surface area contributed by atoms with Crippen LogP contribution in [0.1, 0.15) is 27.2 Å². The molecule has 3 aromatic carbocycles. The van der Waals surface area contributed by atoms with Gasteiger partial charge in [-0.1, -0.05) is 95.6 Å². The second-order valence-electron chi connectivity index (χ2n) is 8.34. The van der Waals surface area contributed by atoms with Gasteiger partial charge in [0.25, 0.3) is 5.91 Å². The molecule has 4 aromatic rings. The van der Waals surface area contributed by atoms with Gasteiger partial charge < -0.3 is 14.7 Å². The summed E-state index contributed by atoms with van der Waals surface area (Å²) < 4.78 is 5.39. The summed E-state index contributed by atoms with van der Waals surface area (Å²) in [6.07, 6.45) is 0.368. The normalized spacial score (nSPS) is 11.6. The molecular formula is C28H27N3O3. The number of carbonyl (C=O) groups is 2. The molecule has 1 atom stereocenters.